The van der Waals surface area contributed by atoms with Crippen molar-refractivity contribution in [1.29, 1.82) is 0 Å². The van der Waals surface area contributed by atoms with E-state index < -0.39 is 0 Å². The van der Waals surface area contributed by atoms with Gasteiger partial charge in [0.05, 0.1) is 5.69 Å². The molecule has 0 atom stereocenters. The van der Waals surface area contributed by atoms with Crippen LogP contribution in [0.4, 0.5) is 0 Å². The van der Waals surface area contributed by atoms with E-state index in [-0.39, 0.29) is 0 Å². The molecule has 5 rings (SSSR count). The summed E-state index contributed by atoms with van der Waals surface area (Å²) >= 11 is 6.08. The Balaban J connectivity index is 1.38. The molecule has 0 unspecified atom stereocenters. The Morgan fingerprint density at radius 2 is 1.76 bits per heavy atom. The molecule has 3 aromatic carbocycles. The van der Waals surface area contributed by atoms with E-state index in [4.69, 9.17) is 16.3 Å². The fourth-order valence-corrected chi connectivity index (χ4v) is 4.99. The molecule has 4 aromatic rings. The van der Waals surface area contributed by atoms with Gasteiger partial charge in [-0.1, -0.05) is 54.9 Å². The number of likely N-dealkylation sites (tertiary alicyclic amines) is 1. The van der Waals surface area contributed by atoms with Crippen molar-refractivity contribution < 1.29 is 4.74 Å². The second-order valence-corrected chi connectivity index (χ2v) is 9.59. The molecule has 1 aromatic heterocycles. The van der Waals surface area contributed by atoms with E-state index >= 15 is 0 Å². The Morgan fingerprint density at radius 1 is 0.971 bits per heavy atom. The molecule has 0 N–H and O–H groups in total. The highest BCUT2D eigenvalue weighted by atomic mass is 35.5. The zero-order valence-corrected chi connectivity index (χ0v) is 20.6. The molecule has 2 heterocycles. The molecular formula is C29H30ClN3O. The zero-order valence-electron chi connectivity index (χ0n) is 19.8. The van der Waals surface area contributed by atoms with Crippen LogP contribution in [0.15, 0.2) is 66.7 Å². The summed E-state index contributed by atoms with van der Waals surface area (Å²) in [5.74, 6) is 1.46. The third-order valence-electron chi connectivity index (χ3n) is 6.84. The quantitative estimate of drug-likeness (QED) is 0.306. The number of ether oxygens (including phenoxy) is 1. The standard InChI is InChI=1S/C29H30ClN3O/c1-3-29-28(21-7-10-23(30)11-8-21)17-24(31-32-29)19-34-25-12-9-20-5-4-6-26(27(20)18-25)22-13-15-33(2)16-14-22/h4-12,17-18,22H,3,13-16,19H2,1-2H3. The summed E-state index contributed by atoms with van der Waals surface area (Å²) in [6, 6.07) is 23.0. The van der Waals surface area contributed by atoms with Crippen molar-refractivity contribution in [3.05, 3.63) is 88.7 Å². The molecule has 0 radical (unpaired) electrons. The van der Waals surface area contributed by atoms with Crippen LogP contribution in [0.1, 0.15) is 42.6 Å². The SMILES string of the molecule is CCc1nnc(COc2ccc3cccc(C4CCN(C)CC4)c3c2)cc1-c1ccc(Cl)cc1. The Labute approximate surface area is 206 Å². The molecule has 174 valence electrons. The summed E-state index contributed by atoms with van der Waals surface area (Å²) in [5.41, 5.74) is 5.39. The molecule has 5 heteroatoms. The fourth-order valence-electron chi connectivity index (χ4n) is 4.87. The lowest BCUT2D eigenvalue weighted by Gasteiger charge is -2.30. The van der Waals surface area contributed by atoms with Gasteiger partial charge in [-0.2, -0.15) is 10.2 Å². The van der Waals surface area contributed by atoms with Gasteiger partial charge in [-0.05, 0) is 97.5 Å². The molecule has 0 saturated carbocycles. The van der Waals surface area contributed by atoms with Crippen LogP contribution >= 0.6 is 11.6 Å². The summed E-state index contributed by atoms with van der Waals surface area (Å²) in [4.78, 5) is 2.42. The average molecular weight is 472 g/mol. The molecular weight excluding hydrogens is 442 g/mol. The van der Waals surface area contributed by atoms with Gasteiger partial charge in [0.1, 0.15) is 18.1 Å². The first-order chi connectivity index (χ1) is 16.6. The lowest BCUT2D eigenvalue weighted by Crippen LogP contribution is -2.29. The highest BCUT2D eigenvalue weighted by Gasteiger charge is 2.20. The first-order valence-corrected chi connectivity index (χ1v) is 12.4. The van der Waals surface area contributed by atoms with Gasteiger partial charge in [0, 0.05) is 10.6 Å². The monoisotopic (exact) mass is 471 g/mol. The number of fused-ring (bicyclic) bond motifs is 1. The van der Waals surface area contributed by atoms with Gasteiger partial charge in [0.15, 0.2) is 0 Å². The van der Waals surface area contributed by atoms with Crippen molar-refractivity contribution in [1.82, 2.24) is 15.1 Å². The number of halogens is 1. The number of hydrogen-bond donors (Lipinski definition) is 0. The minimum absolute atomic E-state index is 0.374. The molecule has 4 nitrogen and oxygen atoms in total. The van der Waals surface area contributed by atoms with E-state index in [2.05, 4.69) is 71.5 Å². The van der Waals surface area contributed by atoms with Crippen molar-refractivity contribution in [2.75, 3.05) is 20.1 Å². The molecule has 0 spiro atoms. The molecule has 0 bridgehead atoms. The van der Waals surface area contributed by atoms with E-state index in [1.807, 2.05) is 24.3 Å². The van der Waals surface area contributed by atoms with Crippen molar-refractivity contribution >= 4 is 22.4 Å². The number of piperidine rings is 1. The van der Waals surface area contributed by atoms with Crippen LogP contribution in [0, 0.1) is 0 Å². The number of rotatable bonds is 6. The van der Waals surface area contributed by atoms with E-state index in [1.54, 1.807) is 0 Å². The van der Waals surface area contributed by atoms with Gasteiger partial charge >= 0.3 is 0 Å². The van der Waals surface area contributed by atoms with Gasteiger partial charge in [-0.15, -0.1) is 0 Å². The van der Waals surface area contributed by atoms with Crippen molar-refractivity contribution in [2.45, 2.75) is 38.7 Å². The van der Waals surface area contributed by atoms with Crippen LogP contribution in [0.5, 0.6) is 5.75 Å². The topological polar surface area (TPSA) is 38.3 Å². The van der Waals surface area contributed by atoms with Crippen molar-refractivity contribution in [3.8, 4) is 16.9 Å². The van der Waals surface area contributed by atoms with E-state index in [0.717, 1.165) is 52.8 Å². The number of nitrogens with zero attached hydrogens (tertiary/aromatic N) is 3. The summed E-state index contributed by atoms with van der Waals surface area (Å²) in [5, 5.41) is 12.2. The molecule has 1 fully saturated rings. The van der Waals surface area contributed by atoms with Crippen LogP contribution in [0.3, 0.4) is 0 Å². The van der Waals surface area contributed by atoms with Gasteiger partial charge < -0.3 is 9.64 Å². The lowest BCUT2D eigenvalue weighted by molar-refractivity contribution is 0.256. The Hall–Kier alpha value is -2.95. The smallest absolute Gasteiger partial charge is 0.132 e. The number of aryl methyl sites for hydroxylation is 1. The van der Waals surface area contributed by atoms with E-state index in [0.29, 0.717) is 12.5 Å². The van der Waals surface area contributed by atoms with E-state index in [1.165, 1.54) is 29.2 Å². The minimum atomic E-state index is 0.374. The van der Waals surface area contributed by atoms with Gasteiger partial charge in [0.25, 0.3) is 0 Å². The van der Waals surface area contributed by atoms with Gasteiger partial charge in [0.2, 0.25) is 0 Å². The first kappa shape index (κ1) is 22.8. The molecule has 0 aliphatic carbocycles. The lowest BCUT2D eigenvalue weighted by atomic mass is 9.86. The Kier molecular flexibility index (Phi) is 6.80. The van der Waals surface area contributed by atoms with Gasteiger partial charge in [-0.3, -0.25) is 0 Å². The third-order valence-corrected chi connectivity index (χ3v) is 7.10. The van der Waals surface area contributed by atoms with Crippen LogP contribution < -0.4 is 4.74 Å². The van der Waals surface area contributed by atoms with Crippen molar-refractivity contribution in [3.63, 3.8) is 0 Å². The number of aromatic nitrogens is 2. The summed E-state index contributed by atoms with van der Waals surface area (Å²) in [6.07, 6.45) is 3.22. The maximum atomic E-state index is 6.21. The highest BCUT2D eigenvalue weighted by molar-refractivity contribution is 6.30. The molecule has 1 saturated heterocycles. The second-order valence-electron chi connectivity index (χ2n) is 9.15. The average Bonchev–Trinajstić information content (AvgIpc) is 2.88. The second kappa shape index (κ2) is 10.1. The maximum Gasteiger partial charge on any atom is 0.132 e. The predicted octanol–water partition coefficient (Wildman–Crippen LogP) is 6.90. The van der Waals surface area contributed by atoms with Crippen LogP contribution in [0.25, 0.3) is 21.9 Å². The van der Waals surface area contributed by atoms with Crippen LogP contribution in [-0.2, 0) is 13.0 Å². The van der Waals surface area contributed by atoms with Crippen molar-refractivity contribution in [2.24, 2.45) is 0 Å². The highest BCUT2D eigenvalue weighted by Crippen LogP contribution is 2.34. The Morgan fingerprint density at radius 3 is 2.53 bits per heavy atom. The number of hydrogen-bond acceptors (Lipinski definition) is 4. The van der Waals surface area contributed by atoms with E-state index in [9.17, 15) is 0 Å². The normalized spacial score (nSPS) is 15.0. The largest absolute Gasteiger partial charge is 0.487 e. The van der Waals surface area contributed by atoms with Crippen LogP contribution in [0.2, 0.25) is 5.02 Å². The summed E-state index contributed by atoms with van der Waals surface area (Å²) in [6.45, 7) is 4.77. The maximum absolute atomic E-state index is 6.21. The summed E-state index contributed by atoms with van der Waals surface area (Å²) in [7, 11) is 2.21. The third kappa shape index (κ3) is 4.94. The molecule has 1 aliphatic heterocycles. The molecule has 1 aliphatic rings. The zero-order chi connectivity index (χ0) is 23.5. The van der Waals surface area contributed by atoms with Crippen LogP contribution in [-0.4, -0.2) is 35.2 Å². The first-order valence-electron chi connectivity index (χ1n) is 12.1. The number of benzene rings is 3. The molecule has 0 amide bonds. The minimum Gasteiger partial charge on any atom is -0.487 e. The Bertz CT molecular complexity index is 1280. The predicted molar refractivity (Wildman–Crippen MR) is 140 cm³/mol. The fraction of sp³-hybridized carbons (Fsp3) is 0.310. The van der Waals surface area contributed by atoms with Gasteiger partial charge in [-0.25, -0.2) is 0 Å². The summed E-state index contributed by atoms with van der Waals surface area (Å²) < 4.78 is 6.21. The molecule has 34 heavy (non-hydrogen) atoms.